The molecule has 16 heavy (non-hydrogen) atoms. The van der Waals surface area contributed by atoms with E-state index >= 15 is 0 Å². The van der Waals surface area contributed by atoms with Crippen LogP contribution in [0.25, 0.3) is 0 Å². The lowest BCUT2D eigenvalue weighted by molar-refractivity contribution is -0.147. The largest absolute Gasteiger partial charge is 0.377 e. The van der Waals surface area contributed by atoms with Crippen molar-refractivity contribution < 1.29 is 14.3 Å². The third-order valence-electron chi connectivity index (χ3n) is 2.43. The van der Waals surface area contributed by atoms with Crippen LogP contribution in [-0.4, -0.2) is 62.7 Å². The fraction of sp³-hybridized carbons (Fsp3) is 0.800. The number of hydrogen-bond donors (Lipinski definition) is 2. The summed E-state index contributed by atoms with van der Waals surface area (Å²) in [7, 11) is 1.71. The molecule has 6 nitrogen and oxygen atoms in total. The van der Waals surface area contributed by atoms with Crippen LogP contribution in [0.3, 0.4) is 0 Å². The van der Waals surface area contributed by atoms with Crippen LogP contribution in [-0.2, 0) is 14.3 Å². The van der Waals surface area contributed by atoms with Crippen molar-refractivity contribution in [3.63, 3.8) is 0 Å². The zero-order chi connectivity index (χ0) is 12.0. The topological polar surface area (TPSA) is 70.7 Å². The summed E-state index contributed by atoms with van der Waals surface area (Å²) >= 11 is 0. The molecule has 1 aliphatic rings. The first-order valence-electron chi connectivity index (χ1n) is 5.50. The Kier molecular flexibility index (Phi) is 5.21. The summed E-state index contributed by atoms with van der Waals surface area (Å²) < 4.78 is 5.23. The first-order chi connectivity index (χ1) is 7.70. The molecule has 0 radical (unpaired) electrons. The standard InChI is InChI=1S/C10H19N3O3/c1-3-12-10(15)8-7-16-5-4-13(8)9(14)6-11-2/h8,11H,3-7H2,1-2H3,(H,12,15). The number of amides is 2. The first-order valence-corrected chi connectivity index (χ1v) is 5.50. The number of nitrogens with zero attached hydrogens (tertiary/aromatic N) is 1. The van der Waals surface area contributed by atoms with Crippen molar-refractivity contribution in [1.82, 2.24) is 15.5 Å². The van der Waals surface area contributed by atoms with Gasteiger partial charge in [-0.25, -0.2) is 0 Å². The molecule has 6 heteroatoms. The normalized spacial score (nSPS) is 20.6. The van der Waals surface area contributed by atoms with Crippen LogP contribution in [0.5, 0.6) is 0 Å². The molecule has 1 fully saturated rings. The number of carbonyl (C=O) groups is 2. The lowest BCUT2D eigenvalue weighted by Gasteiger charge is -2.34. The second-order valence-corrected chi connectivity index (χ2v) is 3.60. The van der Waals surface area contributed by atoms with Crippen LogP contribution in [0.4, 0.5) is 0 Å². The molecule has 92 valence electrons. The number of morpholine rings is 1. The van der Waals surface area contributed by atoms with Gasteiger partial charge >= 0.3 is 0 Å². The molecule has 0 aromatic heterocycles. The maximum atomic E-state index is 11.7. The lowest BCUT2D eigenvalue weighted by Crippen LogP contribution is -2.57. The molecule has 0 aliphatic carbocycles. The summed E-state index contributed by atoms with van der Waals surface area (Å²) in [6, 6.07) is -0.491. The van der Waals surface area contributed by atoms with E-state index in [-0.39, 0.29) is 25.0 Å². The molecule has 0 saturated carbocycles. The Bertz CT molecular complexity index is 232. The molecular weight excluding hydrogens is 210 g/mol. The Hall–Kier alpha value is -1.14. The van der Waals surface area contributed by atoms with Gasteiger partial charge in [-0.3, -0.25) is 9.59 Å². The minimum Gasteiger partial charge on any atom is -0.377 e. The quantitative estimate of drug-likeness (QED) is 0.620. The van der Waals surface area contributed by atoms with Gasteiger partial charge in [-0.2, -0.15) is 0 Å². The molecule has 0 bridgehead atoms. The van der Waals surface area contributed by atoms with E-state index in [1.54, 1.807) is 11.9 Å². The highest BCUT2D eigenvalue weighted by Gasteiger charge is 2.31. The van der Waals surface area contributed by atoms with Crippen LogP contribution in [0, 0.1) is 0 Å². The fourth-order valence-electron chi connectivity index (χ4n) is 1.66. The minimum atomic E-state index is -0.491. The fourth-order valence-corrected chi connectivity index (χ4v) is 1.66. The third kappa shape index (κ3) is 3.18. The molecule has 1 unspecified atom stereocenters. The van der Waals surface area contributed by atoms with Gasteiger partial charge in [0, 0.05) is 13.1 Å². The summed E-state index contributed by atoms with van der Waals surface area (Å²) in [5.41, 5.74) is 0. The molecule has 1 aliphatic heterocycles. The Labute approximate surface area is 95.3 Å². The third-order valence-corrected chi connectivity index (χ3v) is 2.43. The second-order valence-electron chi connectivity index (χ2n) is 3.60. The highest BCUT2D eigenvalue weighted by molar-refractivity contribution is 5.88. The minimum absolute atomic E-state index is 0.0675. The first kappa shape index (κ1) is 12.9. The predicted molar refractivity (Wildman–Crippen MR) is 58.9 cm³/mol. The van der Waals surface area contributed by atoms with E-state index in [1.165, 1.54) is 0 Å². The Balaban J connectivity index is 2.63. The Morgan fingerprint density at radius 2 is 2.25 bits per heavy atom. The number of nitrogens with one attached hydrogen (secondary N) is 2. The number of carbonyl (C=O) groups excluding carboxylic acids is 2. The van der Waals surface area contributed by atoms with Gasteiger partial charge in [0.2, 0.25) is 11.8 Å². The average molecular weight is 229 g/mol. The summed E-state index contributed by atoms with van der Waals surface area (Å²) in [5.74, 6) is -0.214. The highest BCUT2D eigenvalue weighted by Crippen LogP contribution is 2.07. The smallest absolute Gasteiger partial charge is 0.245 e. The molecule has 2 amide bonds. The van der Waals surface area contributed by atoms with Gasteiger partial charge < -0.3 is 20.3 Å². The van der Waals surface area contributed by atoms with Crippen LogP contribution in [0.1, 0.15) is 6.92 Å². The molecule has 0 aromatic rings. The molecule has 0 spiro atoms. The van der Waals surface area contributed by atoms with Crippen LogP contribution in [0.2, 0.25) is 0 Å². The van der Waals surface area contributed by atoms with Crippen molar-refractivity contribution in [2.24, 2.45) is 0 Å². The van der Waals surface area contributed by atoms with Crippen molar-refractivity contribution in [2.75, 3.05) is 39.9 Å². The number of hydrogen-bond acceptors (Lipinski definition) is 4. The Morgan fingerprint density at radius 3 is 2.88 bits per heavy atom. The van der Waals surface area contributed by atoms with Gasteiger partial charge in [0.25, 0.3) is 0 Å². The highest BCUT2D eigenvalue weighted by atomic mass is 16.5. The van der Waals surface area contributed by atoms with Gasteiger partial charge in [-0.1, -0.05) is 0 Å². The van der Waals surface area contributed by atoms with Gasteiger partial charge in [-0.05, 0) is 14.0 Å². The summed E-state index contributed by atoms with van der Waals surface area (Å²) in [4.78, 5) is 25.0. The SMILES string of the molecule is CCNC(=O)C1COCCN1C(=O)CNC. The summed E-state index contributed by atoms with van der Waals surface area (Å²) in [6.45, 7) is 3.90. The van der Waals surface area contributed by atoms with Crippen molar-refractivity contribution in [2.45, 2.75) is 13.0 Å². The number of rotatable bonds is 4. The van der Waals surface area contributed by atoms with E-state index in [2.05, 4.69) is 10.6 Å². The van der Waals surface area contributed by atoms with Gasteiger partial charge in [0.15, 0.2) is 0 Å². The monoisotopic (exact) mass is 229 g/mol. The second kappa shape index (κ2) is 6.44. The van der Waals surface area contributed by atoms with Crippen molar-refractivity contribution >= 4 is 11.8 Å². The van der Waals surface area contributed by atoms with Crippen LogP contribution < -0.4 is 10.6 Å². The lowest BCUT2D eigenvalue weighted by atomic mass is 10.2. The van der Waals surface area contributed by atoms with E-state index in [1.807, 2.05) is 6.92 Å². The van der Waals surface area contributed by atoms with E-state index in [0.29, 0.717) is 19.7 Å². The van der Waals surface area contributed by atoms with Crippen LogP contribution >= 0.6 is 0 Å². The van der Waals surface area contributed by atoms with E-state index in [9.17, 15) is 9.59 Å². The van der Waals surface area contributed by atoms with Crippen molar-refractivity contribution in [1.29, 1.82) is 0 Å². The van der Waals surface area contributed by atoms with E-state index in [4.69, 9.17) is 4.74 Å². The van der Waals surface area contributed by atoms with Crippen molar-refractivity contribution in [3.05, 3.63) is 0 Å². The van der Waals surface area contributed by atoms with Gasteiger partial charge in [0.05, 0.1) is 19.8 Å². The number of likely N-dealkylation sites (N-methyl/N-ethyl adjacent to an activating group) is 2. The maximum Gasteiger partial charge on any atom is 0.245 e. The molecule has 2 N–H and O–H groups in total. The number of ether oxygens (including phenoxy) is 1. The Morgan fingerprint density at radius 1 is 1.50 bits per heavy atom. The van der Waals surface area contributed by atoms with E-state index in [0.717, 1.165) is 0 Å². The van der Waals surface area contributed by atoms with E-state index < -0.39 is 6.04 Å². The maximum absolute atomic E-state index is 11.7. The zero-order valence-corrected chi connectivity index (χ0v) is 9.78. The van der Waals surface area contributed by atoms with Gasteiger partial charge in [0.1, 0.15) is 6.04 Å². The molecule has 1 atom stereocenters. The summed E-state index contributed by atoms with van der Waals surface area (Å²) in [6.07, 6.45) is 0. The van der Waals surface area contributed by atoms with Crippen LogP contribution in [0.15, 0.2) is 0 Å². The van der Waals surface area contributed by atoms with Gasteiger partial charge in [-0.15, -0.1) is 0 Å². The summed E-state index contributed by atoms with van der Waals surface area (Å²) in [5, 5.41) is 5.50. The molecule has 1 heterocycles. The molecule has 1 rings (SSSR count). The average Bonchev–Trinajstić information content (AvgIpc) is 2.30. The molecule has 1 saturated heterocycles. The zero-order valence-electron chi connectivity index (χ0n) is 9.78. The predicted octanol–water partition coefficient (Wildman–Crippen LogP) is -1.43. The molecular formula is C10H19N3O3. The van der Waals surface area contributed by atoms with Crippen molar-refractivity contribution in [3.8, 4) is 0 Å². The molecule has 0 aromatic carbocycles.